The van der Waals surface area contributed by atoms with Crippen LogP contribution in [0.2, 0.25) is 0 Å². The Morgan fingerprint density at radius 3 is 2.91 bits per heavy atom. The van der Waals surface area contributed by atoms with Crippen LogP contribution in [0.1, 0.15) is 19.8 Å². The summed E-state index contributed by atoms with van der Waals surface area (Å²) in [5.74, 6) is 0. The van der Waals surface area contributed by atoms with Gasteiger partial charge in [0.15, 0.2) is 4.80 Å². The van der Waals surface area contributed by atoms with Crippen LogP contribution in [0.5, 0.6) is 0 Å². The van der Waals surface area contributed by atoms with Crippen LogP contribution in [-0.2, 0) is 6.54 Å². The van der Waals surface area contributed by atoms with Gasteiger partial charge in [0, 0.05) is 6.54 Å². The van der Waals surface area contributed by atoms with Crippen molar-refractivity contribution in [1.82, 2.24) is 9.78 Å². The summed E-state index contributed by atoms with van der Waals surface area (Å²) < 4.78 is 1.73. The monoisotopic (exact) mass is 284 g/mol. The molecule has 1 N–H and O–H groups in total. The smallest absolute Gasteiger partial charge is 0.199 e. The number of halogens is 1. The number of hydrogen-bond acceptors (Lipinski definition) is 3. The largest absolute Gasteiger partial charge is 1.00 e. The number of aryl methyl sites for hydroxylation is 1. The van der Waals surface area contributed by atoms with Crippen molar-refractivity contribution in [1.29, 1.82) is 5.41 Å². The van der Waals surface area contributed by atoms with Gasteiger partial charge < -0.3 is 24.0 Å². The van der Waals surface area contributed by atoms with Crippen molar-refractivity contribution in [2.45, 2.75) is 26.3 Å². The Labute approximate surface area is 87.0 Å². The van der Waals surface area contributed by atoms with E-state index >= 15 is 0 Å². The predicted molar refractivity (Wildman–Crippen MR) is 40.9 cm³/mol. The molecule has 0 aliphatic carbocycles. The van der Waals surface area contributed by atoms with Gasteiger partial charge in [-0.3, -0.25) is 5.41 Å². The third-order valence-electron chi connectivity index (χ3n) is 1.31. The van der Waals surface area contributed by atoms with Crippen LogP contribution >= 0.6 is 11.3 Å². The Morgan fingerprint density at radius 2 is 2.45 bits per heavy atom. The second kappa shape index (κ2) is 5.70. The fourth-order valence-corrected chi connectivity index (χ4v) is 1.23. The summed E-state index contributed by atoms with van der Waals surface area (Å²) in [7, 11) is 0. The molecular formula is C6H11IN3S-. The Kier molecular flexibility index (Phi) is 5.75. The highest BCUT2D eigenvalue weighted by Crippen LogP contribution is 1.90. The SMILES string of the molecule is CCCCn1ncsc1=N.[I-]. The molecule has 0 aliphatic rings. The van der Waals surface area contributed by atoms with Crippen LogP contribution in [0.3, 0.4) is 0 Å². The Hall–Kier alpha value is 0.0900. The summed E-state index contributed by atoms with van der Waals surface area (Å²) in [6, 6.07) is 0. The molecule has 0 aromatic carbocycles. The lowest BCUT2D eigenvalue weighted by molar-refractivity contribution is -0.00000242. The van der Waals surface area contributed by atoms with Crippen molar-refractivity contribution in [3.05, 3.63) is 10.3 Å². The first-order valence-corrected chi connectivity index (χ1v) is 4.27. The normalized spacial score (nSPS) is 9.18. The van der Waals surface area contributed by atoms with Crippen molar-refractivity contribution in [3.8, 4) is 0 Å². The van der Waals surface area contributed by atoms with Crippen molar-refractivity contribution in [3.63, 3.8) is 0 Å². The third-order valence-corrected chi connectivity index (χ3v) is 1.94. The van der Waals surface area contributed by atoms with Gasteiger partial charge in [-0.05, 0) is 6.42 Å². The van der Waals surface area contributed by atoms with Gasteiger partial charge in [-0.2, -0.15) is 5.10 Å². The lowest BCUT2D eigenvalue weighted by Gasteiger charge is -1.95. The quantitative estimate of drug-likeness (QED) is 0.656. The molecule has 0 aliphatic heterocycles. The molecule has 1 heterocycles. The number of unbranched alkanes of at least 4 members (excludes halogenated alkanes) is 1. The number of rotatable bonds is 3. The topological polar surface area (TPSA) is 41.7 Å². The lowest BCUT2D eigenvalue weighted by Crippen LogP contribution is -3.00. The second-order valence-electron chi connectivity index (χ2n) is 2.12. The molecule has 0 bridgehead atoms. The van der Waals surface area contributed by atoms with Crippen molar-refractivity contribution < 1.29 is 24.0 Å². The fraction of sp³-hybridized carbons (Fsp3) is 0.667. The average Bonchev–Trinajstić information content (AvgIpc) is 2.31. The Bertz CT molecular complexity index is 242. The molecule has 0 saturated carbocycles. The molecule has 0 radical (unpaired) electrons. The minimum atomic E-state index is 0. The molecule has 3 nitrogen and oxygen atoms in total. The number of aromatic nitrogens is 2. The van der Waals surface area contributed by atoms with E-state index in [9.17, 15) is 0 Å². The lowest BCUT2D eigenvalue weighted by atomic mass is 10.3. The molecule has 0 fully saturated rings. The summed E-state index contributed by atoms with van der Waals surface area (Å²) in [6.07, 6.45) is 2.27. The maximum absolute atomic E-state index is 7.35. The van der Waals surface area contributed by atoms with E-state index in [4.69, 9.17) is 5.41 Å². The van der Waals surface area contributed by atoms with Gasteiger partial charge >= 0.3 is 0 Å². The molecule has 5 heteroatoms. The van der Waals surface area contributed by atoms with E-state index in [0.29, 0.717) is 4.80 Å². The zero-order chi connectivity index (χ0) is 7.40. The Balaban J connectivity index is 0.000001000. The fourth-order valence-electron chi connectivity index (χ4n) is 0.711. The number of hydrogen-bond donors (Lipinski definition) is 1. The van der Waals surface area contributed by atoms with Crippen molar-refractivity contribution >= 4 is 11.3 Å². The Morgan fingerprint density at radius 1 is 1.73 bits per heavy atom. The maximum Gasteiger partial charge on any atom is 0.199 e. The van der Waals surface area contributed by atoms with Crippen LogP contribution in [0.4, 0.5) is 0 Å². The zero-order valence-corrected chi connectivity index (χ0v) is 9.35. The summed E-state index contributed by atoms with van der Waals surface area (Å²) in [5.41, 5.74) is 1.71. The van der Waals surface area contributed by atoms with Gasteiger partial charge in [0.25, 0.3) is 0 Å². The number of nitrogens with zero attached hydrogens (tertiary/aromatic N) is 2. The van der Waals surface area contributed by atoms with E-state index < -0.39 is 0 Å². The summed E-state index contributed by atoms with van der Waals surface area (Å²) in [4.78, 5) is 0.549. The molecule has 11 heavy (non-hydrogen) atoms. The molecule has 1 rings (SSSR count). The first kappa shape index (κ1) is 11.1. The minimum absolute atomic E-state index is 0. The van der Waals surface area contributed by atoms with Gasteiger partial charge in [0.05, 0.1) is 0 Å². The van der Waals surface area contributed by atoms with Crippen LogP contribution in [0, 0.1) is 5.41 Å². The van der Waals surface area contributed by atoms with E-state index in [2.05, 4.69) is 12.0 Å². The van der Waals surface area contributed by atoms with Gasteiger partial charge in [0.1, 0.15) is 5.51 Å². The zero-order valence-electron chi connectivity index (χ0n) is 6.38. The van der Waals surface area contributed by atoms with E-state index in [1.165, 1.54) is 11.3 Å². The van der Waals surface area contributed by atoms with Gasteiger partial charge in [-0.1, -0.05) is 24.7 Å². The first-order valence-electron chi connectivity index (χ1n) is 3.39. The van der Waals surface area contributed by atoms with Crippen LogP contribution in [-0.4, -0.2) is 9.78 Å². The van der Waals surface area contributed by atoms with Crippen molar-refractivity contribution in [2.24, 2.45) is 0 Å². The molecule has 1 aromatic rings. The summed E-state index contributed by atoms with van der Waals surface area (Å²) in [5, 5.41) is 11.3. The van der Waals surface area contributed by atoms with E-state index in [1.807, 2.05) is 0 Å². The van der Waals surface area contributed by atoms with Gasteiger partial charge in [0.2, 0.25) is 0 Å². The highest BCUT2D eigenvalue weighted by molar-refractivity contribution is 7.06. The van der Waals surface area contributed by atoms with Gasteiger partial charge in [-0.15, -0.1) is 0 Å². The molecule has 0 atom stereocenters. The molecule has 0 unspecified atom stereocenters. The van der Waals surface area contributed by atoms with Crippen LogP contribution in [0.25, 0.3) is 0 Å². The first-order chi connectivity index (χ1) is 4.84. The van der Waals surface area contributed by atoms with Crippen LogP contribution in [0.15, 0.2) is 5.51 Å². The predicted octanol–water partition coefficient (Wildman–Crippen LogP) is -1.77. The highest BCUT2D eigenvalue weighted by atomic mass is 127. The van der Waals surface area contributed by atoms with Crippen molar-refractivity contribution in [2.75, 3.05) is 0 Å². The molecular weight excluding hydrogens is 273 g/mol. The van der Waals surface area contributed by atoms with Crippen LogP contribution < -0.4 is 28.8 Å². The summed E-state index contributed by atoms with van der Waals surface area (Å²) >= 11 is 1.37. The molecule has 0 saturated heterocycles. The standard InChI is InChI=1S/C6H11N3S.HI/c1-2-3-4-9-6(7)10-5-8-9;/h5,7H,2-4H2,1H3;1H/p-1. The summed E-state index contributed by atoms with van der Waals surface area (Å²) in [6.45, 7) is 3.02. The maximum atomic E-state index is 7.35. The van der Waals surface area contributed by atoms with Gasteiger partial charge in [-0.25, -0.2) is 4.68 Å². The highest BCUT2D eigenvalue weighted by Gasteiger charge is 1.91. The molecule has 0 spiro atoms. The van der Waals surface area contributed by atoms with E-state index in [0.717, 1.165) is 19.4 Å². The number of nitrogens with one attached hydrogen (secondary N) is 1. The molecule has 1 aromatic heterocycles. The third kappa shape index (κ3) is 3.33. The molecule has 64 valence electrons. The second-order valence-corrected chi connectivity index (χ2v) is 2.95. The molecule has 0 amide bonds. The minimum Gasteiger partial charge on any atom is -1.00 e. The average molecular weight is 284 g/mol. The van der Waals surface area contributed by atoms with E-state index in [-0.39, 0.29) is 24.0 Å². The van der Waals surface area contributed by atoms with E-state index in [1.54, 1.807) is 10.2 Å².